The molecule has 0 saturated heterocycles. The van der Waals surface area contributed by atoms with Crippen LogP contribution in [0.1, 0.15) is 36.6 Å². The van der Waals surface area contributed by atoms with E-state index in [0.29, 0.717) is 24.5 Å². The van der Waals surface area contributed by atoms with Gasteiger partial charge in [0, 0.05) is 0 Å². The standard InChI is InChI=1S/C17H16N4O2S/c1-3-11-12(8-18)17(22)21(20-13(11)4-2)10-16-19-9-14(23-16)15-6-5-7-24-15/h5-7,9H,3-4,10H2,1-2H3. The van der Waals surface area contributed by atoms with Crippen LogP contribution in [0.5, 0.6) is 0 Å². The molecular weight excluding hydrogens is 324 g/mol. The number of hydrogen-bond donors (Lipinski definition) is 0. The summed E-state index contributed by atoms with van der Waals surface area (Å²) in [6.07, 6.45) is 2.90. The minimum absolute atomic E-state index is 0.107. The Kier molecular flexibility index (Phi) is 4.58. The summed E-state index contributed by atoms with van der Waals surface area (Å²) in [7, 11) is 0. The molecule has 0 N–H and O–H groups in total. The molecule has 0 saturated carbocycles. The molecule has 0 aromatic carbocycles. The molecule has 3 aromatic rings. The molecule has 0 atom stereocenters. The van der Waals surface area contributed by atoms with Gasteiger partial charge in [0.1, 0.15) is 18.2 Å². The highest BCUT2D eigenvalue weighted by Gasteiger charge is 2.17. The summed E-state index contributed by atoms with van der Waals surface area (Å²) in [5.74, 6) is 1.05. The van der Waals surface area contributed by atoms with Gasteiger partial charge in [-0.3, -0.25) is 4.79 Å². The first-order valence-corrected chi connectivity index (χ1v) is 8.57. The van der Waals surface area contributed by atoms with Crippen molar-refractivity contribution in [3.8, 4) is 16.7 Å². The Bertz CT molecular complexity index is 948. The molecule has 0 unspecified atom stereocenters. The molecule has 0 fully saturated rings. The van der Waals surface area contributed by atoms with Gasteiger partial charge in [-0.2, -0.15) is 10.4 Å². The highest BCUT2D eigenvalue weighted by atomic mass is 32.1. The number of aryl methyl sites for hydroxylation is 1. The molecule has 0 aliphatic heterocycles. The van der Waals surface area contributed by atoms with E-state index in [1.807, 2.05) is 37.4 Å². The second kappa shape index (κ2) is 6.81. The van der Waals surface area contributed by atoms with Crippen LogP contribution >= 0.6 is 11.3 Å². The molecule has 0 aliphatic carbocycles. The largest absolute Gasteiger partial charge is 0.438 e. The lowest BCUT2D eigenvalue weighted by molar-refractivity contribution is 0.462. The van der Waals surface area contributed by atoms with Gasteiger partial charge in [-0.25, -0.2) is 9.67 Å². The van der Waals surface area contributed by atoms with Gasteiger partial charge < -0.3 is 4.42 Å². The van der Waals surface area contributed by atoms with E-state index in [0.717, 1.165) is 16.1 Å². The van der Waals surface area contributed by atoms with Crippen LogP contribution in [-0.4, -0.2) is 14.8 Å². The average Bonchev–Trinajstić information content (AvgIpc) is 3.27. The first kappa shape index (κ1) is 16.1. The van der Waals surface area contributed by atoms with E-state index in [1.165, 1.54) is 4.68 Å². The molecule has 3 heterocycles. The van der Waals surface area contributed by atoms with Crippen molar-refractivity contribution in [3.05, 3.63) is 56.8 Å². The predicted molar refractivity (Wildman–Crippen MR) is 90.9 cm³/mol. The summed E-state index contributed by atoms with van der Waals surface area (Å²) >= 11 is 1.55. The van der Waals surface area contributed by atoms with Crippen molar-refractivity contribution in [2.75, 3.05) is 0 Å². The van der Waals surface area contributed by atoms with E-state index in [9.17, 15) is 10.1 Å². The first-order valence-electron chi connectivity index (χ1n) is 7.69. The Morgan fingerprint density at radius 1 is 1.38 bits per heavy atom. The zero-order valence-corrected chi connectivity index (χ0v) is 14.3. The number of hydrogen-bond acceptors (Lipinski definition) is 6. The smallest absolute Gasteiger partial charge is 0.285 e. The fourth-order valence-electron chi connectivity index (χ4n) is 2.59. The summed E-state index contributed by atoms with van der Waals surface area (Å²) in [6, 6.07) is 5.90. The summed E-state index contributed by atoms with van der Waals surface area (Å²) in [5, 5.41) is 15.7. The Balaban J connectivity index is 1.99. The van der Waals surface area contributed by atoms with E-state index in [-0.39, 0.29) is 12.1 Å². The van der Waals surface area contributed by atoms with Gasteiger partial charge >= 0.3 is 0 Å². The Morgan fingerprint density at radius 2 is 2.21 bits per heavy atom. The van der Waals surface area contributed by atoms with Gasteiger partial charge in [0.2, 0.25) is 5.89 Å². The van der Waals surface area contributed by atoms with Crippen LogP contribution < -0.4 is 5.56 Å². The zero-order chi connectivity index (χ0) is 17.1. The summed E-state index contributed by atoms with van der Waals surface area (Å²) in [4.78, 5) is 17.7. The van der Waals surface area contributed by atoms with Gasteiger partial charge in [-0.05, 0) is 29.9 Å². The van der Waals surface area contributed by atoms with Crippen LogP contribution in [-0.2, 0) is 19.4 Å². The molecule has 122 valence electrons. The van der Waals surface area contributed by atoms with Gasteiger partial charge in [0.05, 0.1) is 16.8 Å². The minimum atomic E-state index is -0.401. The molecule has 3 aromatic heterocycles. The SMILES string of the molecule is CCc1nn(Cc2ncc(-c3cccs3)o2)c(=O)c(C#N)c1CC. The maximum atomic E-state index is 12.5. The van der Waals surface area contributed by atoms with Gasteiger partial charge in [0.15, 0.2) is 5.76 Å². The van der Waals surface area contributed by atoms with Gasteiger partial charge in [-0.1, -0.05) is 19.9 Å². The Morgan fingerprint density at radius 3 is 2.83 bits per heavy atom. The van der Waals surface area contributed by atoms with Crippen LogP contribution in [0.25, 0.3) is 10.6 Å². The molecule has 6 nitrogen and oxygen atoms in total. The topological polar surface area (TPSA) is 84.7 Å². The normalized spacial score (nSPS) is 10.7. The fraction of sp³-hybridized carbons (Fsp3) is 0.294. The van der Waals surface area contributed by atoms with E-state index < -0.39 is 5.56 Å². The molecule has 0 bridgehead atoms. The molecule has 3 rings (SSSR count). The highest BCUT2D eigenvalue weighted by Crippen LogP contribution is 2.25. The molecule has 0 amide bonds. The van der Waals surface area contributed by atoms with Crippen LogP contribution in [0, 0.1) is 11.3 Å². The lowest BCUT2D eigenvalue weighted by Crippen LogP contribution is -2.29. The van der Waals surface area contributed by atoms with Crippen molar-refractivity contribution in [3.63, 3.8) is 0 Å². The van der Waals surface area contributed by atoms with Crippen molar-refractivity contribution in [2.24, 2.45) is 0 Å². The number of thiophene rings is 1. The summed E-state index contributed by atoms with van der Waals surface area (Å²) < 4.78 is 6.97. The fourth-order valence-corrected chi connectivity index (χ4v) is 3.26. The number of rotatable bonds is 5. The number of aromatic nitrogens is 3. The quantitative estimate of drug-likeness (QED) is 0.713. The monoisotopic (exact) mass is 340 g/mol. The van der Waals surface area contributed by atoms with Crippen molar-refractivity contribution in [1.82, 2.24) is 14.8 Å². The maximum Gasteiger partial charge on any atom is 0.285 e. The van der Waals surface area contributed by atoms with E-state index in [1.54, 1.807) is 17.5 Å². The van der Waals surface area contributed by atoms with Crippen LogP contribution in [0.2, 0.25) is 0 Å². The third-order valence-electron chi connectivity index (χ3n) is 3.74. The van der Waals surface area contributed by atoms with Crippen molar-refractivity contribution in [2.45, 2.75) is 33.2 Å². The Hall–Kier alpha value is -2.72. The van der Waals surface area contributed by atoms with Crippen LogP contribution in [0.15, 0.2) is 32.9 Å². The van der Waals surface area contributed by atoms with Crippen molar-refractivity contribution >= 4 is 11.3 Å². The van der Waals surface area contributed by atoms with Gasteiger partial charge in [-0.15, -0.1) is 11.3 Å². The average molecular weight is 340 g/mol. The third kappa shape index (κ3) is 2.88. The molecule has 0 radical (unpaired) electrons. The number of nitrogens with zero attached hydrogens (tertiary/aromatic N) is 4. The van der Waals surface area contributed by atoms with Crippen molar-refractivity contribution < 1.29 is 4.42 Å². The van der Waals surface area contributed by atoms with E-state index in [4.69, 9.17) is 4.42 Å². The first-order chi connectivity index (χ1) is 11.7. The zero-order valence-electron chi connectivity index (χ0n) is 13.4. The van der Waals surface area contributed by atoms with E-state index in [2.05, 4.69) is 10.1 Å². The number of oxazole rings is 1. The third-order valence-corrected chi connectivity index (χ3v) is 4.63. The minimum Gasteiger partial charge on any atom is -0.438 e. The second-order valence-corrected chi connectivity index (χ2v) is 6.13. The van der Waals surface area contributed by atoms with Crippen LogP contribution in [0.4, 0.5) is 0 Å². The van der Waals surface area contributed by atoms with Crippen molar-refractivity contribution in [1.29, 1.82) is 5.26 Å². The Labute approximate surface area is 143 Å². The molecule has 24 heavy (non-hydrogen) atoms. The van der Waals surface area contributed by atoms with E-state index >= 15 is 0 Å². The maximum absolute atomic E-state index is 12.5. The molecule has 7 heteroatoms. The van der Waals surface area contributed by atoms with Crippen LogP contribution in [0.3, 0.4) is 0 Å². The summed E-state index contributed by atoms with van der Waals surface area (Å²) in [6.45, 7) is 3.98. The molecule has 0 spiro atoms. The second-order valence-electron chi connectivity index (χ2n) is 5.18. The number of nitriles is 1. The summed E-state index contributed by atoms with van der Waals surface area (Å²) in [5.41, 5.74) is 1.25. The van der Waals surface area contributed by atoms with Gasteiger partial charge in [0.25, 0.3) is 5.56 Å². The highest BCUT2D eigenvalue weighted by molar-refractivity contribution is 7.13. The molecule has 0 aliphatic rings. The predicted octanol–water partition coefficient (Wildman–Crippen LogP) is 3.00. The molecular formula is C17H16N4O2S. The lowest BCUT2D eigenvalue weighted by atomic mass is 10.0. The lowest BCUT2D eigenvalue weighted by Gasteiger charge is -2.10.